The molecular formula is C17H22N4O2. The van der Waals surface area contributed by atoms with E-state index in [0.29, 0.717) is 12.2 Å². The average molecular weight is 314 g/mol. The number of aliphatic hydroxyl groups is 1. The van der Waals surface area contributed by atoms with Crippen molar-refractivity contribution in [3.05, 3.63) is 42.7 Å². The highest BCUT2D eigenvalue weighted by molar-refractivity contribution is 5.92. The van der Waals surface area contributed by atoms with Gasteiger partial charge < -0.3 is 15.3 Å². The molecule has 122 valence electrons. The molecule has 2 N–H and O–H groups in total. The van der Waals surface area contributed by atoms with Crippen molar-refractivity contribution in [3.63, 3.8) is 0 Å². The van der Waals surface area contributed by atoms with Crippen molar-refractivity contribution in [2.45, 2.75) is 38.3 Å². The van der Waals surface area contributed by atoms with Gasteiger partial charge in [-0.1, -0.05) is 12.1 Å². The van der Waals surface area contributed by atoms with Crippen LogP contribution in [0.25, 0.3) is 5.69 Å². The number of aromatic nitrogens is 2. The number of carbonyl (C=O) groups is 1. The van der Waals surface area contributed by atoms with Gasteiger partial charge >= 0.3 is 6.03 Å². The van der Waals surface area contributed by atoms with E-state index in [1.165, 1.54) is 0 Å². The summed E-state index contributed by atoms with van der Waals surface area (Å²) in [6, 6.07) is 9.02. The summed E-state index contributed by atoms with van der Waals surface area (Å²) < 4.78 is 1.72. The molecule has 1 atom stereocenters. The van der Waals surface area contributed by atoms with Gasteiger partial charge in [0.2, 0.25) is 0 Å². The molecule has 0 aliphatic carbocycles. The van der Waals surface area contributed by atoms with Gasteiger partial charge in [0.05, 0.1) is 23.0 Å². The Balaban J connectivity index is 1.81. The Labute approximate surface area is 135 Å². The number of rotatable bonds is 3. The second kappa shape index (κ2) is 6.04. The van der Waals surface area contributed by atoms with E-state index < -0.39 is 5.60 Å². The van der Waals surface area contributed by atoms with E-state index in [0.717, 1.165) is 18.5 Å². The van der Waals surface area contributed by atoms with E-state index in [1.807, 2.05) is 36.5 Å². The van der Waals surface area contributed by atoms with Gasteiger partial charge in [0, 0.05) is 18.9 Å². The molecule has 6 nitrogen and oxygen atoms in total. The third-order valence-electron chi connectivity index (χ3n) is 4.23. The van der Waals surface area contributed by atoms with E-state index >= 15 is 0 Å². The number of hydrogen-bond donors (Lipinski definition) is 2. The molecule has 0 radical (unpaired) electrons. The Morgan fingerprint density at radius 2 is 2.13 bits per heavy atom. The van der Waals surface area contributed by atoms with Crippen molar-refractivity contribution in [1.82, 2.24) is 14.7 Å². The van der Waals surface area contributed by atoms with Gasteiger partial charge in [0.1, 0.15) is 0 Å². The second-order valence-electron chi connectivity index (χ2n) is 6.40. The summed E-state index contributed by atoms with van der Waals surface area (Å²) in [5.74, 6) is 0. The van der Waals surface area contributed by atoms with Gasteiger partial charge in [0.25, 0.3) is 0 Å². The zero-order valence-corrected chi connectivity index (χ0v) is 13.4. The quantitative estimate of drug-likeness (QED) is 0.915. The van der Waals surface area contributed by atoms with Crippen LogP contribution in [0.5, 0.6) is 0 Å². The lowest BCUT2D eigenvalue weighted by molar-refractivity contribution is 0.0117. The average Bonchev–Trinajstić information content (AvgIpc) is 3.19. The summed E-state index contributed by atoms with van der Waals surface area (Å²) in [4.78, 5) is 14.4. The molecule has 1 aliphatic heterocycles. The van der Waals surface area contributed by atoms with Gasteiger partial charge in [0.15, 0.2) is 0 Å². The highest BCUT2D eigenvalue weighted by atomic mass is 16.3. The monoisotopic (exact) mass is 314 g/mol. The summed E-state index contributed by atoms with van der Waals surface area (Å²) in [6.45, 7) is 4.16. The predicted octanol–water partition coefficient (Wildman–Crippen LogP) is 2.64. The van der Waals surface area contributed by atoms with Gasteiger partial charge in [-0.3, -0.25) is 0 Å². The van der Waals surface area contributed by atoms with Gasteiger partial charge in [-0.25, -0.2) is 9.48 Å². The van der Waals surface area contributed by atoms with Gasteiger partial charge in [-0.05, 0) is 44.9 Å². The Bertz CT molecular complexity index is 676. The van der Waals surface area contributed by atoms with Gasteiger partial charge in [-0.2, -0.15) is 5.10 Å². The fourth-order valence-electron chi connectivity index (χ4n) is 3.12. The lowest BCUT2D eigenvalue weighted by Crippen LogP contribution is -2.49. The fourth-order valence-corrected chi connectivity index (χ4v) is 3.12. The Morgan fingerprint density at radius 1 is 1.35 bits per heavy atom. The highest BCUT2D eigenvalue weighted by Crippen LogP contribution is 2.28. The number of para-hydroxylation sites is 2. The molecule has 1 aromatic carbocycles. The van der Waals surface area contributed by atoms with E-state index in [4.69, 9.17) is 0 Å². The number of nitrogens with one attached hydrogen (secondary N) is 1. The number of likely N-dealkylation sites (tertiary alicyclic amines) is 1. The summed E-state index contributed by atoms with van der Waals surface area (Å²) in [6.07, 6.45) is 5.25. The zero-order chi connectivity index (χ0) is 16.4. The summed E-state index contributed by atoms with van der Waals surface area (Å²) in [7, 11) is 0. The first-order valence-electron chi connectivity index (χ1n) is 7.86. The van der Waals surface area contributed by atoms with Crippen molar-refractivity contribution in [2.24, 2.45) is 0 Å². The van der Waals surface area contributed by atoms with E-state index in [2.05, 4.69) is 10.4 Å². The number of benzene rings is 1. The highest BCUT2D eigenvalue weighted by Gasteiger charge is 2.38. The topological polar surface area (TPSA) is 70.4 Å². The molecule has 1 aliphatic rings. The molecule has 2 aromatic rings. The van der Waals surface area contributed by atoms with Crippen LogP contribution in [0.2, 0.25) is 0 Å². The Kier molecular flexibility index (Phi) is 4.09. The number of urea groups is 1. The van der Waals surface area contributed by atoms with Crippen molar-refractivity contribution >= 4 is 11.7 Å². The van der Waals surface area contributed by atoms with E-state index in [-0.39, 0.29) is 12.1 Å². The van der Waals surface area contributed by atoms with Crippen molar-refractivity contribution in [3.8, 4) is 5.69 Å². The molecule has 3 rings (SSSR count). The zero-order valence-electron chi connectivity index (χ0n) is 13.4. The number of anilines is 1. The number of carbonyl (C=O) groups excluding carboxylic acids is 1. The third-order valence-corrected chi connectivity index (χ3v) is 4.23. The molecule has 1 aromatic heterocycles. The lowest BCUT2D eigenvalue weighted by Gasteiger charge is -2.33. The van der Waals surface area contributed by atoms with Crippen LogP contribution in [0.4, 0.5) is 10.5 Å². The predicted molar refractivity (Wildman–Crippen MR) is 88.6 cm³/mol. The summed E-state index contributed by atoms with van der Waals surface area (Å²) in [5.41, 5.74) is 0.600. The van der Waals surface area contributed by atoms with Crippen molar-refractivity contribution in [1.29, 1.82) is 0 Å². The fraction of sp³-hybridized carbons (Fsp3) is 0.412. The minimum Gasteiger partial charge on any atom is -0.388 e. The molecule has 1 fully saturated rings. The molecule has 0 saturated carbocycles. The maximum absolute atomic E-state index is 12.7. The molecule has 0 spiro atoms. The first kappa shape index (κ1) is 15.6. The maximum Gasteiger partial charge on any atom is 0.322 e. The first-order valence-corrected chi connectivity index (χ1v) is 7.86. The molecule has 0 bridgehead atoms. The maximum atomic E-state index is 12.7. The second-order valence-corrected chi connectivity index (χ2v) is 6.40. The molecule has 1 saturated heterocycles. The van der Waals surface area contributed by atoms with Crippen molar-refractivity contribution < 1.29 is 9.90 Å². The molecule has 2 heterocycles. The van der Waals surface area contributed by atoms with Crippen LogP contribution in [0, 0.1) is 0 Å². The minimum absolute atomic E-state index is 0.167. The van der Waals surface area contributed by atoms with Crippen molar-refractivity contribution in [2.75, 3.05) is 11.9 Å². The van der Waals surface area contributed by atoms with Crippen LogP contribution in [-0.4, -0.2) is 44.0 Å². The molecule has 6 heteroatoms. The van der Waals surface area contributed by atoms with E-state index in [1.54, 1.807) is 29.6 Å². The van der Waals surface area contributed by atoms with E-state index in [9.17, 15) is 9.90 Å². The standard InChI is InChI=1S/C17H22N4O2/c1-17(2,23)15-9-5-11-20(15)16(22)19-13-7-3-4-8-14(13)21-12-6-10-18-21/h3-4,6-8,10,12,15,23H,5,9,11H2,1-2H3,(H,19,22). The lowest BCUT2D eigenvalue weighted by atomic mass is 9.97. The molecule has 23 heavy (non-hydrogen) atoms. The Morgan fingerprint density at radius 3 is 2.83 bits per heavy atom. The smallest absolute Gasteiger partial charge is 0.322 e. The third kappa shape index (κ3) is 3.22. The van der Waals surface area contributed by atoms with Crippen LogP contribution < -0.4 is 5.32 Å². The van der Waals surface area contributed by atoms with Crippen LogP contribution >= 0.6 is 0 Å². The normalized spacial score (nSPS) is 18.2. The summed E-state index contributed by atoms with van der Waals surface area (Å²) in [5, 5.41) is 17.4. The number of hydrogen-bond acceptors (Lipinski definition) is 3. The SMILES string of the molecule is CC(C)(O)C1CCCN1C(=O)Nc1ccccc1-n1cccn1. The van der Waals surface area contributed by atoms with Crippen LogP contribution in [-0.2, 0) is 0 Å². The minimum atomic E-state index is -0.907. The largest absolute Gasteiger partial charge is 0.388 e. The number of amides is 2. The van der Waals surface area contributed by atoms with Crippen LogP contribution in [0.3, 0.4) is 0 Å². The molecule has 1 unspecified atom stereocenters. The molecular weight excluding hydrogens is 292 g/mol. The van der Waals surface area contributed by atoms with Gasteiger partial charge in [-0.15, -0.1) is 0 Å². The van der Waals surface area contributed by atoms with Crippen LogP contribution in [0.15, 0.2) is 42.7 Å². The summed E-state index contributed by atoms with van der Waals surface area (Å²) >= 11 is 0. The molecule has 2 amide bonds. The Hall–Kier alpha value is -2.34. The number of nitrogens with zero attached hydrogens (tertiary/aromatic N) is 3. The first-order chi connectivity index (χ1) is 11.0. The van der Waals surface area contributed by atoms with Crippen LogP contribution in [0.1, 0.15) is 26.7 Å².